The lowest BCUT2D eigenvalue weighted by atomic mass is 10.1. The number of rotatable bonds is 2. The fourth-order valence-electron chi connectivity index (χ4n) is 1.95. The molecule has 4 nitrogen and oxygen atoms in total. The number of carbonyl (C=O) groups is 2. The zero-order valence-corrected chi connectivity index (χ0v) is 12.0. The number of phenols is 1. The number of nitrogens with zero attached hydrogens (tertiary/aromatic N) is 1. The van der Waals surface area contributed by atoms with Gasteiger partial charge >= 0.3 is 0 Å². The normalized spacial score (nSPS) is 16.9. The Morgan fingerprint density at radius 3 is 2.50 bits per heavy atom. The fourth-order valence-corrected chi connectivity index (χ4v) is 2.79. The van der Waals surface area contributed by atoms with Crippen molar-refractivity contribution in [3.8, 4) is 18.1 Å². The lowest BCUT2D eigenvalue weighted by Crippen LogP contribution is -2.28. The minimum atomic E-state index is -0.374. The Kier molecular flexibility index (Phi) is 3.86. The van der Waals surface area contributed by atoms with E-state index >= 15 is 0 Å². The molecule has 0 aromatic heterocycles. The summed E-state index contributed by atoms with van der Waals surface area (Å²) >= 11 is 0.873. The Hall–Kier alpha value is -2.19. The van der Waals surface area contributed by atoms with Crippen LogP contribution >= 0.6 is 11.8 Å². The van der Waals surface area contributed by atoms with Gasteiger partial charge < -0.3 is 5.11 Å². The van der Waals surface area contributed by atoms with Gasteiger partial charge in [0.1, 0.15) is 5.75 Å². The summed E-state index contributed by atoms with van der Waals surface area (Å²) in [4.78, 5) is 25.1. The molecule has 0 bridgehead atoms. The Bertz CT molecular complexity index is 647. The van der Waals surface area contributed by atoms with Crippen LogP contribution in [0.15, 0.2) is 17.0 Å². The van der Waals surface area contributed by atoms with Crippen LogP contribution in [0.5, 0.6) is 5.75 Å². The standard InChI is InChI=1S/C15H13NO3S/c1-4-5-16-14(18)12(20-15(16)19)8-11-6-9(2)13(17)10(3)7-11/h1,6-8,17H,5H2,2-3H3. The monoisotopic (exact) mass is 287 g/mol. The van der Waals surface area contributed by atoms with Crippen molar-refractivity contribution in [3.05, 3.63) is 33.7 Å². The summed E-state index contributed by atoms with van der Waals surface area (Å²) in [7, 11) is 0. The van der Waals surface area contributed by atoms with Crippen LogP contribution in [0, 0.1) is 26.2 Å². The van der Waals surface area contributed by atoms with Crippen molar-refractivity contribution in [2.45, 2.75) is 13.8 Å². The predicted molar refractivity (Wildman–Crippen MR) is 79.1 cm³/mol. The molecule has 2 amide bonds. The second-order valence-electron chi connectivity index (χ2n) is 4.48. The maximum Gasteiger partial charge on any atom is 0.294 e. The maximum absolute atomic E-state index is 12.0. The summed E-state index contributed by atoms with van der Waals surface area (Å²) in [5.41, 5.74) is 2.21. The molecule has 0 saturated carbocycles. The number of thioether (sulfide) groups is 1. The van der Waals surface area contributed by atoms with Gasteiger partial charge in [0.05, 0.1) is 11.4 Å². The molecule has 0 radical (unpaired) electrons. The fraction of sp³-hybridized carbons (Fsp3) is 0.200. The van der Waals surface area contributed by atoms with Crippen LogP contribution in [0.2, 0.25) is 0 Å². The SMILES string of the molecule is C#CCN1C(=O)SC(=Cc2cc(C)c(O)c(C)c2)C1=O. The van der Waals surface area contributed by atoms with Gasteiger partial charge in [-0.05, 0) is 60.5 Å². The largest absolute Gasteiger partial charge is 0.507 e. The van der Waals surface area contributed by atoms with Gasteiger partial charge in [-0.25, -0.2) is 0 Å². The van der Waals surface area contributed by atoms with Gasteiger partial charge in [0.2, 0.25) is 0 Å². The number of terminal acetylenes is 1. The van der Waals surface area contributed by atoms with E-state index in [0.29, 0.717) is 4.91 Å². The number of aryl methyl sites for hydroxylation is 2. The predicted octanol–water partition coefficient (Wildman–Crippen LogP) is 2.68. The molecule has 0 spiro atoms. The molecule has 0 atom stereocenters. The van der Waals surface area contributed by atoms with E-state index in [1.165, 1.54) is 0 Å². The van der Waals surface area contributed by atoms with E-state index in [1.807, 2.05) is 0 Å². The summed E-state index contributed by atoms with van der Waals surface area (Å²) < 4.78 is 0. The minimum absolute atomic E-state index is 0.0182. The molecule has 1 saturated heterocycles. The quantitative estimate of drug-likeness (QED) is 0.671. The van der Waals surface area contributed by atoms with Crippen LogP contribution in [0.1, 0.15) is 16.7 Å². The maximum atomic E-state index is 12.0. The first-order valence-corrected chi connectivity index (χ1v) is 6.74. The molecule has 0 unspecified atom stereocenters. The van der Waals surface area contributed by atoms with Gasteiger partial charge in [0.15, 0.2) is 0 Å². The van der Waals surface area contributed by atoms with Crippen molar-refractivity contribution in [1.82, 2.24) is 4.90 Å². The van der Waals surface area contributed by atoms with Gasteiger partial charge in [-0.1, -0.05) is 5.92 Å². The van der Waals surface area contributed by atoms with E-state index in [1.54, 1.807) is 32.1 Å². The molecule has 2 rings (SSSR count). The Balaban J connectivity index is 2.36. The van der Waals surface area contributed by atoms with E-state index in [0.717, 1.165) is 33.4 Å². The molecule has 1 aliphatic rings. The molecule has 1 fully saturated rings. The third-order valence-corrected chi connectivity index (χ3v) is 3.84. The van der Waals surface area contributed by atoms with Gasteiger partial charge in [-0.2, -0.15) is 0 Å². The van der Waals surface area contributed by atoms with Crippen molar-refractivity contribution in [3.63, 3.8) is 0 Å². The van der Waals surface area contributed by atoms with E-state index in [4.69, 9.17) is 6.42 Å². The Morgan fingerprint density at radius 1 is 1.35 bits per heavy atom. The number of hydrogen-bond acceptors (Lipinski definition) is 4. The molecule has 1 heterocycles. The average Bonchev–Trinajstić information content (AvgIpc) is 2.64. The molecule has 1 aromatic carbocycles. The van der Waals surface area contributed by atoms with Crippen LogP contribution in [0.25, 0.3) is 6.08 Å². The summed E-state index contributed by atoms with van der Waals surface area (Å²) in [6.07, 6.45) is 6.77. The number of aromatic hydroxyl groups is 1. The molecular formula is C15H13NO3S. The van der Waals surface area contributed by atoms with E-state index in [9.17, 15) is 14.7 Å². The van der Waals surface area contributed by atoms with Gasteiger partial charge in [-0.3, -0.25) is 14.5 Å². The van der Waals surface area contributed by atoms with E-state index in [2.05, 4.69) is 5.92 Å². The Morgan fingerprint density at radius 2 is 1.95 bits per heavy atom. The topological polar surface area (TPSA) is 57.6 Å². The molecule has 1 aromatic rings. The first kappa shape index (κ1) is 14.2. The van der Waals surface area contributed by atoms with Crippen LogP contribution in [0.4, 0.5) is 4.79 Å². The highest BCUT2D eigenvalue weighted by atomic mass is 32.2. The third-order valence-electron chi connectivity index (χ3n) is 2.93. The van der Waals surface area contributed by atoms with Gasteiger partial charge in [-0.15, -0.1) is 6.42 Å². The summed E-state index contributed by atoms with van der Waals surface area (Å²) in [5.74, 6) is 2.16. The van der Waals surface area contributed by atoms with Crippen molar-refractivity contribution in [2.24, 2.45) is 0 Å². The molecule has 1 aliphatic heterocycles. The smallest absolute Gasteiger partial charge is 0.294 e. The highest BCUT2D eigenvalue weighted by Gasteiger charge is 2.34. The zero-order chi connectivity index (χ0) is 14.9. The second-order valence-corrected chi connectivity index (χ2v) is 5.47. The summed E-state index contributed by atoms with van der Waals surface area (Å²) in [5, 5.41) is 9.37. The summed E-state index contributed by atoms with van der Waals surface area (Å²) in [6.45, 7) is 3.54. The number of amides is 2. The Labute approximate surface area is 121 Å². The molecule has 0 aliphatic carbocycles. The van der Waals surface area contributed by atoms with Gasteiger partial charge in [0, 0.05) is 0 Å². The molecule has 1 N–H and O–H groups in total. The number of carbonyl (C=O) groups excluding carboxylic acids is 2. The minimum Gasteiger partial charge on any atom is -0.507 e. The van der Waals surface area contributed by atoms with Crippen molar-refractivity contribution >= 4 is 29.0 Å². The number of imide groups is 1. The molecule has 5 heteroatoms. The first-order valence-electron chi connectivity index (χ1n) is 5.93. The van der Waals surface area contributed by atoms with E-state index in [-0.39, 0.29) is 23.4 Å². The average molecular weight is 287 g/mol. The van der Waals surface area contributed by atoms with Crippen LogP contribution in [0.3, 0.4) is 0 Å². The van der Waals surface area contributed by atoms with Crippen molar-refractivity contribution in [1.29, 1.82) is 0 Å². The lowest BCUT2D eigenvalue weighted by Gasteiger charge is -2.07. The number of benzene rings is 1. The number of hydrogen-bond donors (Lipinski definition) is 1. The molecular weight excluding hydrogens is 274 g/mol. The third kappa shape index (κ3) is 2.56. The highest BCUT2D eigenvalue weighted by molar-refractivity contribution is 8.18. The highest BCUT2D eigenvalue weighted by Crippen LogP contribution is 2.33. The molecule has 20 heavy (non-hydrogen) atoms. The van der Waals surface area contributed by atoms with Crippen LogP contribution in [-0.4, -0.2) is 27.7 Å². The molecule has 102 valence electrons. The first-order chi connectivity index (χ1) is 9.43. The lowest BCUT2D eigenvalue weighted by molar-refractivity contribution is -0.122. The number of phenolic OH excluding ortho intramolecular Hbond substituents is 1. The van der Waals surface area contributed by atoms with E-state index < -0.39 is 0 Å². The van der Waals surface area contributed by atoms with Crippen LogP contribution in [-0.2, 0) is 4.79 Å². The van der Waals surface area contributed by atoms with Crippen molar-refractivity contribution < 1.29 is 14.7 Å². The van der Waals surface area contributed by atoms with Crippen molar-refractivity contribution in [2.75, 3.05) is 6.54 Å². The van der Waals surface area contributed by atoms with Crippen LogP contribution < -0.4 is 0 Å². The van der Waals surface area contributed by atoms with Gasteiger partial charge in [0.25, 0.3) is 11.1 Å². The second kappa shape index (κ2) is 5.43. The zero-order valence-electron chi connectivity index (χ0n) is 11.1. The summed E-state index contributed by atoms with van der Waals surface area (Å²) in [6, 6.07) is 3.52.